The molecule has 0 saturated carbocycles. The second-order valence-corrected chi connectivity index (χ2v) is 4.77. The summed E-state index contributed by atoms with van der Waals surface area (Å²) in [5, 5.41) is 0. The standard InChI is InChI=1S/C13H12BrFN2O/c1-8(9-3-2-4-11(15)5-9)18-12-6-10(14)7-17-13(12)16/h2-8H,1H3,(H2,16,17)/t8-/m1/s1. The van der Waals surface area contributed by atoms with Crippen molar-refractivity contribution in [3.8, 4) is 5.75 Å². The molecule has 0 unspecified atom stereocenters. The summed E-state index contributed by atoms with van der Waals surface area (Å²) in [6, 6.07) is 8.01. The average Bonchev–Trinajstić information content (AvgIpc) is 2.34. The molecule has 18 heavy (non-hydrogen) atoms. The molecule has 2 rings (SSSR count). The van der Waals surface area contributed by atoms with Gasteiger partial charge < -0.3 is 10.5 Å². The Labute approximate surface area is 113 Å². The zero-order valence-electron chi connectivity index (χ0n) is 9.73. The van der Waals surface area contributed by atoms with Crippen molar-refractivity contribution in [3.63, 3.8) is 0 Å². The minimum atomic E-state index is -0.306. The van der Waals surface area contributed by atoms with Gasteiger partial charge in [0.1, 0.15) is 11.9 Å². The Balaban J connectivity index is 2.21. The van der Waals surface area contributed by atoms with E-state index in [0.29, 0.717) is 11.6 Å². The van der Waals surface area contributed by atoms with Crippen molar-refractivity contribution >= 4 is 21.7 Å². The molecule has 0 saturated heterocycles. The van der Waals surface area contributed by atoms with Crippen LogP contribution in [0, 0.1) is 5.82 Å². The van der Waals surface area contributed by atoms with Crippen LogP contribution in [0.25, 0.3) is 0 Å². The summed E-state index contributed by atoms with van der Waals surface area (Å²) in [5.41, 5.74) is 6.46. The number of hydrogen-bond donors (Lipinski definition) is 1. The van der Waals surface area contributed by atoms with E-state index in [-0.39, 0.29) is 11.9 Å². The summed E-state index contributed by atoms with van der Waals surface area (Å²) < 4.78 is 19.6. The van der Waals surface area contributed by atoms with Crippen LogP contribution in [0.2, 0.25) is 0 Å². The average molecular weight is 311 g/mol. The van der Waals surface area contributed by atoms with Crippen LogP contribution in [0.5, 0.6) is 5.75 Å². The number of nitrogens with two attached hydrogens (primary N) is 1. The molecule has 0 aliphatic rings. The number of rotatable bonds is 3. The fraction of sp³-hybridized carbons (Fsp3) is 0.154. The second-order valence-electron chi connectivity index (χ2n) is 3.85. The second kappa shape index (κ2) is 5.35. The van der Waals surface area contributed by atoms with Crippen LogP contribution in [-0.2, 0) is 0 Å². The fourth-order valence-electron chi connectivity index (χ4n) is 1.54. The van der Waals surface area contributed by atoms with Crippen molar-refractivity contribution in [2.45, 2.75) is 13.0 Å². The van der Waals surface area contributed by atoms with Gasteiger partial charge >= 0.3 is 0 Å². The lowest BCUT2D eigenvalue weighted by molar-refractivity contribution is 0.227. The lowest BCUT2D eigenvalue weighted by Crippen LogP contribution is -2.06. The third kappa shape index (κ3) is 2.98. The first kappa shape index (κ1) is 12.8. The third-order valence-electron chi connectivity index (χ3n) is 2.47. The quantitative estimate of drug-likeness (QED) is 0.940. The summed E-state index contributed by atoms with van der Waals surface area (Å²) in [7, 11) is 0. The fourth-order valence-corrected chi connectivity index (χ4v) is 1.85. The molecule has 0 aliphatic heterocycles. The number of nitrogen functional groups attached to an aromatic ring is 1. The van der Waals surface area contributed by atoms with E-state index < -0.39 is 0 Å². The highest BCUT2D eigenvalue weighted by molar-refractivity contribution is 9.10. The monoisotopic (exact) mass is 310 g/mol. The number of benzene rings is 1. The van der Waals surface area contributed by atoms with Crippen LogP contribution in [0.4, 0.5) is 10.2 Å². The Kier molecular flexibility index (Phi) is 3.81. The van der Waals surface area contributed by atoms with Crippen molar-refractivity contribution in [2.24, 2.45) is 0 Å². The largest absolute Gasteiger partial charge is 0.482 e. The van der Waals surface area contributed by atoms with Gasteiger partial charge in [-0.25, -0.2) is 9.37 Å². The van der Waals surface area contributed by atoms with E-state index in [0.717, 1.165) is 10.0 Å². The smallest absolute Gasteiger partial charge is 0.166 e. The maximum absolute atomic E-state index is 13.1. The van der Waals surface area contributed by atoms with Gasteiger partial charge in [-0.15, -0.1) is 0 Å². The Morgan fingerprint density at radius 1 is 1.39 bits per heavy atom. The SMILES string of the molecule is C[C@@H](Oc1cc(Br)cnc1N)c1cccc(F)c1. The first-order valence-electron chi connectivity index (χ1n) is 5.39. The van der Waals surface area contributed by atoms with E-state index in [1.165, 1.54) is 12.1 Å². The molecule has 0 radical (unpaired) electrons. The van der Waals surface area contributed by atoms with Crippen LogP contribution in [-0.4, -0.2) is 4.98 Å². The van der Waals surface area contributed by atoms with Gasteiger partial charge in [0.15, 0.2) is 11.6 Å². The summed E-state index contributed by atoms with van der Waals surface area (Å²) in [6.07, 6.45) is 1.29. The predicted octanol–water partition coefficient (Wildman–Crippen LogP) is 3.71. The van der Waals surface area contributed by atoms with Crippen LogP contribution in [0.15, 0.2) is 41.0 Å². The molecular formula is C13H12BrFN2O. The normalized spacial score (nSPS) is 12.2. The Hall–Kier alpha value is -1.62. The van der Waals surface area contributed by atoms with E-state index in [1.54, 1.807) is 24.4 Å². The maximum Gasteiger partial charge on any atom is 0.166 e. The molecule has 94 valence electrons. The molecule has 0 bridgehead atoms. The molecular weight excluding hydrogens is 299 g/mol. The summed E-state index contributed by atoms with van der Waals surface area (Å²) in [4.78, 5) is 3.97. The highest BCUT2D eigenvalue weighted by atomic mass is 79.9. The van der Waals surface area contributed by atoms with Crippen molar-refractivity contribution in [1.29, 1.82) is 0 Å². The molecule has 1 atom stereocenters. The van der Waals surface area contributed by atoms with Crippen LogP contribution >= 0.6 is 15.9 Å². The van der Waals surface area contributed by atoms with Gasteiger partial charge in [0.2, 0.25) is 0 Å². The van der Waals surface area contributed by atoms with E-state index >= 15 is 0 Å². The Bertz CT molecular complexity index is 562. The van der Waals surface area contributed by atoms with Gasteiger partial charge in [0, 0.05) is 10.7 Å². The molecule has 1 heterocycles. The molecule has 0 aliphatic carbocycles. The molecule has 3 nitrogen and oxygen atoms in total. The first-order valence-corrected chi connectivity index (χ1v) is 6.18. The zero-order chi connectivity index (χ0) is 13.1. The van der Waals surface area contributed by atoms with Crippen molar-refractivity contribution < 1.29 is 9.13 Å². The van der Waals surface area contributed by atoms with Crippen LogP contribution in [0.1, 0.15) is 18.6 Å². The zero-order valence-corrected chi connectivity index (χ0v) is 11.3. The van der Waals surface area contributed by atoms with E-state index in [1.807, 2.05) is 6.92 Å². The van der Waals surface area contributed by atoms with Gasteiger partial charge in [0.05, 0.1) is 0 Å². The van der Waals surface area contributed by atoms with Crippen LogP contribution < -0.4 is 10.5 Å². The topological polar surface area (TPSA) is 48.1 Å². The van der Waals surface area contributed by atoms with E-state index in [9.17, 15) is 4.39 Å². The highest BCUT2D eigenvalue weighted by Crippen LogP contribution is 2.28. The molecule has 5 heteroatoms. The highest BCUT2D eigenvalue weighted by Gasteiger charge is 2.11. The van der Waals surface area contributed by atoms with Gasteiger partial charge in [-0.3, -0.25) is 0 Å². The summed E-state index contributed by atoms with van der Waals surface area (Å²) in [5.74, 6) is 0.492. The Morgan fingerprint density at radius 2 is 2.17 bits per heavy atom. The number of anilines is 1. The van der Waals surface area contributed by atoms with Crippen LogP contribution in [0.3, 0.4) is 0 Å². The number of halogens is 2. The maximum atomic E-state index is 13.1. The minimum Gasteiger partial charge on any atom is -0.482 e. The molecule has 2 N–H and O–H groups in total. The predicted molar refractivity (Wildman–Crippen MR) is 71.8 cm³/mol. The Morgan fingerprint density at radius 3 is 2.89 bits per heavy atom. The van der Waals surface area contributed by atoms with Gasteiger partial charge in [-0.1, -0.05) is 12.1 Å². The lowest BCUT2D eigenvalue weighted by Gasteiger charge is -2.16. The van der Waals surface area contributed by atoms with Crippen molar-refractivity contribution in [1.82, 2.24) is 4.98 Å². The van der Waals surface area contributed by atoms with Gasteiger partial charge in [-0.2, -0.15) is 0 Å². The first-order chi connectivity index (χ1) is 8.56. The number of pyridine rings is 1. The molecule has 1 aromatic carbocycles. The molecule has 0 amide bonds. The molecule has 0 fully saturated rings. The molecule has 1 aromatic heterocycles. The molecule has 0 spiro atoms. The van der Waals surface area contributed by atoms with E-state index in [2.05, 4.69) is 20.9 Å². The summed E-state index contributed by atoms with van der Waals surface area (Å²) in [6.45, 7) is 1.83. The molecule has 2 aromatic rings. The third-order valence-corrected chi connectivity index (χ3v) is 2.90. The lowest BCUT2D eigenvalue weighted by atomic mass is 10.1. The van der Waals surface area contributed by atoms with Crippen molar-refractivity contribution in [2.75, 3.05) is 5.73 Å². The summed E-state index contributed by atoms with van der Waals surface area (Å²) >= 11 is 3.30. The van der Waals surface area contributed by atoms with Gasteiger partial charge in [-0.05, 0) is 46.6 Å². The van der Waals surface area contributed by atoms with E-state index in [4.69, 9.17) is 10.5 Å². The number of ether oxygens (including phenoxy) is 1. The number of nitrogens with zero attached hydrogens (tertiary/aromatic N) is 1. The van der Waals surface area contributed by atoms with Gasteiger partial charge in [0.25, 0.3) is 0 Å². The van der Waals surface area contributed by atoms with Crippen molar-refractivity contribution in [3.05, 3.63) is 52.4 Å². The number of aromatic nitrogens is 1. The number of hydrogen-bond acceptors (Lipinski definition) is 3. The minimum absolute atomic E-state index is 0.289.